The molecule has 21 heavy (non-hydrogen) atoms. The van der Waals surface area contributed by atoms with Crippen LogP contribution in [0.25, 0.3) is 0 Å². The number of hydrogen-bond acceptors (Lipinski definition) is 4. The van der Waals surface area contributed by atoms with Crippen molar-refractivity contribution < 1.29 is 19.4 Å². The summed E-state index contributed by atoms with van der Waals surface area (Å²) in [6.45, 7) is 0.446. The molecule has 0 amide bonds. The van der Waals surface area contributed by atoms with Crippen LogP contribution in [-0.2, 0) is 11.3 Å². The summed E-state index contributed by atoms with van der Waals surface area (Å²) < 4.78 is 5.23. The number of benzene rings is 1. The summed E-state index contributed by atoms with van der Waals surface area (Å²) >= 11 is 0. The highest BCUT2D eigenvalue weighted by molar-refractivity contribution is 5.66. The molecule has 1 aromatic carbocycles. The molecule has 2 rings (SSSR count). The average molecular weight is 289 g/mol. The van der Waals surface area contributed by atoms with Gasteiger partial charge in [0.15, 0.2) is 0 Å². The van der Waals surface area contributed by atoms with E-state index in [0.717, 1.165) is 11.3 Å². The first-order valence-electron chi connectivity index (χ1n) is 6.87. The van der Waals surface area contributed by atoms with E-state index >= 15 is 0 Å². The van der Waals surface area contributed by atoms with Crippen molar-refractivity contribution in [1.29, 1.82) is 0 Å². The molecular weight excluding hydrogens is 270 g/mol. The van der Waals surface area contributed by atoms with E-state index in [0.29, 0.717) is 13.0 Å². The van der Waals surface area contributed by atoms with Gasteiger partial charge in [-0.3, -0.25) is 4.79 Å². The van der Waals surface area contributed by atoms with Crippen LogP contribution in [0.3, 0.4) is 0 Å². The van der Waals surface area contributed by atoms with Crippen LogP contribution >= 0.6 is 0 Å². The van der Waals surface area contributed by atoms with E-state index in [1.54, 1.807) is 12.3 Å². The maximum atomic E-state index is 10.8. The molecule has 0 bridgehead atoms. The average Bonchev–Trinajstić information content (AvgIpc) is 3.01. The first kappa shape index (κ1) is 15.3. The van der Waals surface area contributed by atoms with Crippen molar-refractivity contribution in [3.63, 3.8) is 0 Å². The van der Waals surface area contributed by atoms with Crippen molar-refractivity contribution in [2.45, 2.75) is 31.5 Å². The lowest BCUT2D eigenvalue weighted by atomic mass is 9.98. The second-order valence-electron chi connectivity index (χ2n) is 4.85. The van der Waals surface area contributed by atoms with Crippen LogP contribution in [0.4, 0.5) is 0 Å². The maximum Gasteiger partial charge on any atom is 0.303 e. The first-order chi connectivity index (χ1) is 10.2. The minimum absolute atomic E-state index is 0.000283. The molecular formula is C16H19NO4. The third-order valence-electron chi connectivity index (χ3n) is 3.31. The Balaban J connectivity index is 2.01. The summed E-state index contributed by atoms with van der Waals surface area (Å²) in [5.41, 5.74) is 0.764. The molecule has 0 aliphatic heterocycles. The lowest BCUT2D eigenvalue weighted by molar-refractivity contribution is -0.137. The van der Waals surface area contributed by atoms with Gasteiger partial charge in [0, 0.05) is 12.5 Å². The minimum atomic E-state index is -0.875. The summed E-state index contributed by atoms with van der Waals surface area (Å²) in [7, 11) is 0. The Morgan fingerprint density at radius 1 is 1.19 bits per heavy atom. The molecule has 3 N–H and O–H groups in total. The van der Waals surface area contributed by atoms with Gasteiger partial charge in [-0.2, -0.15) is 0 Å². The van der Waals surface area contributed by atoms with E-state index in [9.17, 15) is 9.90 Å². The number of carboxylic acids is 1. The number of aliphatic carboxylic acids is 1. The number of furan rings is 1. The molecule has 1 aromatic heterocycles. The lowest BCUT2D eigenvalue weighted by Gasteiger charge is -2.23. The Labute approximate surface area is 123 Å². The van der Waals surface area contributed by atoms with Crippen LogP contribution in [0.2, 0.25) is 0 Å². The number of aliphatic hydroxyl groups is 1. The zero-order chi connectivity index (χ0) is 15.1. The van der Waals surface area contributed by atoms with E-state index in [4.69, 9.17) is 9.52 Å². The fourth-order valence-corrected chi connectivity index (χ4v) is 2.18. The molecule has 0 spiro atoms. The van der Waals surface area contributed by atoms with Crippen LogP contribution in [0.1, 0.15) is 30.3 Å². The Kier molecular flexibility index (Phi) is 5.54. The third-order valence-corrected chi connectivity index (χ3v) is 3.31. The van der Waals surface area contributed by atoms with Crippen molar-refractivity contribution in [1.82, 2.24) is 5.32 Å². The quantitative estimate of drug-likeness (QED) is 0.695. The summed E-state index contributed by atoms with van der Waals surface area (Å²) in [5.74, 6) is -0.129. The van der Waals surface area contributed by atoms with Crippen molar-refractivity contribution in [3.8, 4) is 0 Å². The molecule has 0 saturated carbocycles. The predicted octanol–water partition coefficient (Wildman–Crippen LogP) is 2.34. The molecule has 2 aromatic rings. The normalized spacial score (nSPS) is 13.8. The fourth-order valence-electron chi connectivity index (χ4n) is 2.18. The molecule has 0 saturated heterocycles. The van der Waals surface area contributed by atoms with E-state index in [1.807, 2.05) is 36.4 Å². The molecule has 112 valence electrons. The van der Waals surface area contributed by atoms with Gasteiger partial charge < -0.3 is 19.9 Å². The smallest absolute Gasteiger partial charge is 0.303 e. The van der Waals surface area contributed by atoms with Gasteiger partial charge in [-0.1, -0.05) is 30.3 Å². The van der Waals surface area contributed by atoms with Gasteiger partial charge in [-0.25, -0.2) is 0 Å². The topological polar surface area (TPSA) is 82.7 Å². The van der Waals surface area contributed by atoms with E-state index < -0.39 is 12.1 Å². The first-order valence-corrected chi connectivity index (χ1v) is 6.87. The van der Waals surface area contributed by atoms with Crippen LogP contribution in [0.15, 0.2) is 53.1 Å². The highest BCUT2D eigenvalue weighted by Crippen LogP contribution is 2.20. The molecule has 0 radical (unpaired) electrons. The van der Waals surface area contributed by atoms with Crippen LogP contribution < -0.4 is 5.32 Å². The predicted molar refractivity (Wildman–Crippen MR) is 77.6 cm³/mol. The third kappa shape index (κ3) is 4.73. The second-order valence-corrected chi connectivity index (χ2v) is 4.85. The standard InChI is InChI=1S/C16H19NO4/c18-15(19)9-8-14(17-11-13-7-4-10-21-13)16(20)12-5-2-1-3-6-12/h1-7,10,14,16-17,20H,8-9,11H2,(H,18,19). The van der Waals surface area contributed by atoms with Gasteiger partial charge >= 0.3 is 5.97 Å². The minimum Gasteiger partial charge on any atom is -0.481 e. The lowest BCUT2D eigenvalue weighted by Crippen LogP contribution is -2.35. The number of hydrogen-bond donors (Lipinski definition) is 3. The molecule has 1 heterocycles. The summed E-state index contributed by atoms with van der Waals surface area (Å²) in [6.07, 6.45) is 1.16. The maximum absolute atomic E-state index is 10.8. The summed E-state index contributed by atoms with van der Waals surface area (Å²) in [5, 5.41) is 22.4. The van der Waals surface area contributed by atoms with Crippen molar-refractivity contribution in [3.05, 3.63) is 60.1 Å². The number of nitrogens with one attached hydrogen (secondary N) is 1. The van der Waals surface area contributed by atoms with Gasteiger partial charge in [0.2, 0.25) is 0 Å². The van der Waals surface area contributed by atoms with E-state index in [1.165, 1.54) is 0 Å². The van der Waals surface area contributed by atoms with Gasteiger partial charge in [-0.15, -0.1) is 0 Å². The largest absolute Gasteiger partial charge is 0.481 e. The van der Waals surface area contributed by atoms with Gasteiger partial charge in [0.25, 0.3) is 0 Å². The summed E-state index contributed by atoms with van der Waals surface area (Å²) in [6, 6.07) is 12.5. The van der Waals surface area contributed by atoms with Crippen LogP contribution in [0, 0.1) is 0 Å². The Morgan fingerprint density at radius 2 is 1.95 bits per heavy atom. The van der Waals surface area contributed by atoms with Crippen molar-refractivity contribution in [2.24, 2.45) is 0 Å². The Morgan fingerprint density at radius 3 is 2.57 bits per heavy atom. The second kappa shape index (κ2) is 7.61. The zero-order valence-electron chi connectivity index (χ0n) is 11.6. The molecule has 2 atom stereocenters. The molecule has 5 nitrogen and oxygen atoms in total. The monoisotopic (exact) mass is 289 g/mol. The molecule has 5 heteroatoms. The highest BCUT2D eigenvalue weighted by Gasteiger charge is 2.21. The van der Waals surface area contributed by atoms with Crippen molar-refractivity contribution >= 4 is 5.97 Å². The summed E-state index contributed by atoms with van der Waals surface area (Å²) in [4.78, 5) is 10.8. The molecule has 0 fully saturated rings. The molecule has 2 unspecified atom stereocenters. The highest BCUT2D eigenvalue weighted by atomic mass is 16.4. The number of aliphatic hydroxyl groups excluding tert-OH is 1. The van der Waals surface area contributed by atoms with Gasteiger partial charge in [-0.05, 0) is 24.1 Å². The molecule has 0 aliphatic rings. The SMILES string of the molecule is O=C(O)CCC(NCc1ccco1)C(O)c1ccccc1. The number of rotatable bonds is 8. The zero-order valence-corrected chi connectivity index (χ0v) is 11.6. The number of carbonyl (C=O) groups is 1. The van der Waals surface area contributed by atoms with E-state index in [-0.39, 0.29) is 12.5 Å². The fraction of sp³-hybridized carbons (Fsp3) is 0.312. The van der Waals surface area contributed by atoms with E-state index in [2.05, 4.69) is 5.32 Å². The molecule has 0 aliphatic carbocycles. The van der Waals surface area contributed by atoms with Gasteiger partial charge in [0.05, 0.1) is 18.9 Å². The van der Waals surface area contributed by atoms with Crippen LogP contribution in [-0.4, -0.2) is 22.2 Å². The Hall–Kier alpha value is -2.11. The van der Waals surface area contributed by atoms with Crippen molar-refractivity contribution in [2.75, 3.05) is 0 Å². The number of carboxylic acid groups (broad SMARTS) is 1. The van der Waals surface area contributed by atoms with Crippen LogP contribution in [0.5, 0.6) is 0 Å². The Bertz CT molecular complexity index is 539. The van der Waals surface area contributed by atoms with Gasteiger partial charge in [0.1, 0.15) is 5.76 Å².